The fourth-order valence-electron chi connectivity index (χ4n) is 4.28. The molecular formula is C20H25F3N2O. The Hall–Kier alpha value is -1.82. The minimum Gasteiger partial charge on any atom is -0.288 e. The molecule has 2 unspecified atom stereocenters. The summed E-state index contributed by atoms with van der Waals surface area (Å²) in [5.41, 5.74) is 2.44. The van der Waals surface area contributed by atoms with Crippen LogP contribution in [0.3, 0.4) is 0 Å². The van der Waals surface area contributed by atoms with Gasteiger partial charge in [-0.2, -0.15) is 13.2 Å². The number of benzene rings is 1. The van der Waals surface area contributed by atoms with E-state index in [4.69, 9.17) is 0 Å². The minimum absolute atomic E-state index is 0.0387. The van der Waals surface area contributed by atoms with Gasteiger partial charge in [-0.05, 0) is 37.8 Å². The van der Waals surface area contributed by atoms with E-state index in [0.717, 1.165) is 16.1 Å². The van der Waals surface area contributed by atoms with E-state index in [1.54, 1.807) is 26.0 Å². The Morgan fingerprint density at radius 3 is 2.54 bits per heavy atom. The number of carbonyl (C=O) groups excluding carboxylic acids is 1. The van der Waals surface area contributed by atoms with Crippen LogP contribution >= 0.6 is 0 Å². The highest BCUT2D eigenvalue weighted by atomic mass is 19.4. The lowest BCUT2D eigenvalue weighted by Crippen LogP contribution is -2.59. The van der Waals surface area contributed by atoms with Gasteiger partial charge in [0.05, 0.1) is 5.41 Å². The molecule has 1 aromatic rings. The molecule has 6 heteroatoms. The molecule has 0 saturated carbocycles. The molecule has 2 atom stereocenters. The Morgan fingerprint density at radius 1 is 1.27 bits per heavy atom. The van der Waals surface area contributed by atoms with E-state index in [1.165, 1.54) is 0 Å². The van der Waals surface area contributed by atoms with Crippen LogP contribution in [0.5, 0.6) is 0 Å². The first-order valence-electron chi connectivity index (χ1n) is 9.01. The molecule has 0 radical (unpaired) electrons. The maximum absolute atomic E-state index is 14.3. The van der Waals surface area contributed by atoms with Crippen LogP contribution in [-0.2, 0) is 11.2 Å². The van der Waals surface area contributed by atoms with Gasteiger partial charge in [-0.1, -0.05) is 49.8 Å². The topological polar surface area (TPSA) is 32.3 Å². The predicted octanol–water partition coefficient (Wildman–Crippen LogP) is 4.35. The van der Waals surface area contributed by atoms with Crippen LogP contribution in [0.25, 0.3) is 6.08 Å². The molecule has 1 aromatic carbocycles. The molecule has 0 spiro atoms. The highest BCUT2D eigenvalue weighted by Gasteiger charge is 2.58. The van der Waals surface area contributed by atoms with Gasteiger partial charge in [0.1, 0.15) is 6.04 Å². The van der Waals surface area contributed by atoms with Crippen LogP contribution in [0.2, 0.25) is 0 Å². The van der Waals surface area contributed by atoms with E-state index in [0.29, 0.717) is 19.3 Å². The van der Waals surface area contributed by atoms with E-state index in [1.807, 2.05) is 31.2 Å². The largest absolute Gasteiger partial charge is 0.406 e. The number of amides is 1. The summed E-state index contributed by atoms with van der Waals surface area (Å²) in [6.07, 6.45) is 0.397. The van der Waals surface area contributed by atoms with Crippen molar-refractivity contribution in [3.05, 3.63) is 41.5 Å². The van der Waals surface area contributed by atoms with Crippen molar-refractivity contribution in [3.63, 3.8) is 0 Å². The van der Waals surface area contributed by atoms with Crippen LogP contribution in [0.1, 0.15) is 44.7 Å². The van der Waals surface area contributed by atoms with Gasteiger partial charge < -0.3 is 0 Å². The second-order valence-corrected chi connectivity index (χ2v) is 8.09. The zero-order valence-corrected chi connectivity index (χ0v) is 15.4. The van der Waals surface area contributed by atoms with Crippen molar-refractivity contribution in [3.8, 4) is 0 Å². The van der Waals surface area contributed by atoms with Gasteiger partial charge in [0.25, 0.3) is 0 Å². The first kappa shape index (κ1) is 19.0. The van der Waals surface area contributed by atoms with Crippen molar-refractivity contribution in [1.29, 1.82) is 0 Å². The Labute approximate surface area is 152 Å². The molecule has 1 amide bonds. The molecule has 1 heterocycles. The first-order chi connectivity index (χ1) is 12.1. The third-order valence-corrected chi connectivity index (χ3v) is 5.48. The Balaban J connectivity index is 2.05. The fraction of sp³-hybridized carbons (Fsp3) is 0.550. The Kier molecular flexibility index (Phi) is 4.67. The third kappa shape index (κ3) is 3.27. The number of hydrogen-bond donors (Lipinski definition) is 1. The summed E-state index contributed by atoms with van der Waals surface area (Å²) in [7, 11) is 0. The highest BCUT2D eigenvalue weighted by molar-refractivity contribution is 5.83. The van der Waals surface area contributed by atoms with Crippen molar-refractivity contribution < 1.29 is 18.0 Å². The number of alkyl halides is 3. The fourth-order valence-corrected chi connectivity index (χ4v) is 4.28. The number of nitrogens with one attached hydrogen (secondary N) is 1. The van der Waals surface area contributed by atoms with Crippen molar-refractivity contribution in [2.24, 2.45) is 10.8 Å². The number of halogens is 3. The molecule has 1 N–H and O–H groups in total. The van der Waals surface area contributed by atoms with E-state index >= 15 is 0 Å². The van der Waals surface area contributed by atoms with E-state index in [2.05, 4.69) is 5.43 Å². The summed E-state index contributed by atoms with van der Waals surface area (Å²) >= 11 is 0. The molecule has 0 bridgehead atoms. The Bertz CT molecular complexity index is 726. The van der Waals surface area contributed by atoms with Crippen molar-refractivity contribution >= 4 is 12.0 Å². The van der Waals surface area contributed by atoms with Gasteiger partial charge in [0, 0.05) is 12.0 Å². The van der Waals surface area contributed by atoms with Crippen molar-refractivity contribution in [2.75, 3.05) is 6.54 Å². The number of rotatable bonds is 4. The average molecular weight is 366 g/mol. The van der Waals surface area contributed by atoms with Gasteiger partial charge in [0.15, 0.2) is 0 Å². The molecule has 2 aliphatic rings. The van der Waals surface area contributed by atoms with Crippen molar-refractivity contribution in [2.45, 2.75) is 52.3 Å². The molecule has 0 aromatic heterocycles. The minimum atomic E-state index is -4.46. The predicted molar refractivity (Wildman–Crippen MR) is 95.0 cm³/mol. The van der Waals surface area contributed by atoms with Gasteiger partial charge >= 0.3 is 6.18 Å². The van der Waals surface area contributed by atoms with E-state index in [-0.39, 0.29) is 12.5 Å². The van der Waals surface area contributed by atoms with Gasteiger partial charge in [-0.15, -0.1) is 0 Å². The lowest BCUT2D eigenvalue weighted by Gasteiger charge is -2.45. The van der Waals surface area contributed by atoms with Crippen LogP contribution in [0, 0.1) is 10.8 Å². The Morgan fingerprint density at radius 2 is 1.96 bits per heavy atom. The molecule has 1 fully saturated rings. The normalized spacial score (nSPS) is 26.5. The second-order valence-electron chi connectivity index (χ2n) is 8.09. The summed E-state index contributed by atoms with van der Waals surface area (Å²) in [5.74, 6) is -0.362. The quantitative estimate of drug-likeness (QED) is 0.859. The monoisotopic (exact) mass is 366 g/mol. The second kappa shape index (κ2) is 6.41. The third-order valence-electron chi connectivity index (χ3n) is 5.48. The van der Waals surface area contributed by atoms with Gasteiger partial charge in [-0.3, -0.25) is 10.2 Å². The summed E-state index contributed by atoms with van der Waals surface area (Å²) in [5, 5.41) is 1.12. The SMILES string of the molecule is CCCC1(C(N2CC(C)(C)C(=O)N2)C(F)(F)F)C=Cc2ccccc2C1. The molecule has 26 heavy (non-hydrogen) atoms. The molecule has 3 rings (SSSR count). The average Bonchev–Trinajstić information content (AvgIpc) is 2.78. The summed E-state index contributed by atoms with van der Waals surface area (Å²) in [6, 6.07) is 5.80. The summed E-state index contributed by atoms with van der Waals surface area (Å²) in [4.78, 5) is 12.1. The molecule has 3 nitrogen and oxygen atoms in total. The number of hydrogen-bond acceptors (Lipinski definition) is 2. The number of hydrazine groups is 1. The van der Waals surface area contributed by atoms with E-state index < -0.39 is 23.0 Å². The lowest BCUT2D eigenvalue weighted by molar-refractivity contribution is -0.215. The van der Waals surface area contributed by atoms with Gasteiger partial charge in [-0.25, -0.2) is 5.01 Å². The van der Waals surface area contributed by atoms with Crippen LogP contribution in [-0.4, -0.2) is 29.7 Å². The van der Waals surface area contributed by atoms with Crippen LogP contribution < -0.4 is 5.43 Å². The lowest BCUT2D eigenvalue weighted by atomic mass is 9.68. The maximum atomic E-state index is 14.3. The molecule has 1 aliphatic carbocycles. The standard InChI is InChI=1S/C20H25F3N2O/c1-4-10-19(11-9-14-7-5-6-8-15(14)12-19)16(20(21,22)23)25-13-18(2,3)17(26)24-25/h5-9,11,16H,4,10,12-13H2,1-3H3,(H,24,26). The van der Waals surface area contributed by atoms with Crippen LogP contribution in [0.4, 0.5) is 13.2 Å². The summed E-state index contributed by atoms with van der Waals surface area (Å²) in [6.45, 7) is 5.29. The molecular weight excluding hydrogens is 341 g/mol. The van der Waals surface area contributed by atoms with Gasteiger partial charge in [0.2, 0.25) is 5.91 Å². The van der Waals surface area contributed by atoms with Crippen molar-refractivity contribution in [1.82, 2.24) is 10.4 Å². The zero-order chi connectivity index (χ0) is 19.2. The molecule has 1 aliphatic heterocycles. The zero-order valence-electron chi connectivity index (χ0n) is 15.4. The molecule has 142 valence electrons. The summed E-state index contributed by atoms with van der Waals surface area (Å²) < 4.78 is 42.8. The number of nitrogens with zero attached hydrogens (tertiary/aromatic N) is 1. The van der Waals surface area contributed by atoms with Crippen LogP contribution in [0.15, 0.2) is 30.3 Å². The highest BCUT2D eigenvalue weighted by Crippen LogP contribution is 2.48. The maximum Gasteiger partial charge on any atom is 0.406 e. The van der Waals surface area contributed by atoms with E-state index in [9.17, 15) is 18.0 Å². The first-order valence-corrected chi connectivity index (χ1v) is 9.01. The smallest absolute Gasteiger partial charge is 0.288 e. The number of carbonyl (C=O) groups is 1. The number of fused-ring (bicyclic) bond motifs is 1. The molecule has 1 saturated heterocycles.